The fourth-order valence-corrected chi connectivity index (χ4v) is 2.53. The van der Waals surface area contributed by atoms with E-state index in [1.54, 1.807) is 0 Å². The van der Waals surface area contributed by atoms with Crippen molar-refractivity contribution in [3.05, 3.63) is 0 Å². The zero-order valence-corrected chi connectivity index (χ0v) is 12.0. The predicted octanol–water partition coefficient (Wildman–Crippen LogP) is 1.79. The number of unbranched alkanes of at least 4 members (excludes halogenated alkanes) is 3. The van der Waals surface area contributed by atoms with Crippen molar-refractivity contribution < 1.29 is 0 Å². The molecule has 0 amide bonds. The Balaban J connectivity index is 1.95. The maximum absolute atomic E-state index is 3.57. The van der Waals surface area contributed by atoms with Gasteiger partial charge in [0.1, 0.15) is 0 Å². The summed E-state index contributed by atoms with van der Waals surface area (Å²) in [7, 11) is 2.22. The molecule has 1 aliphatic rings. The van der Waals surface area contributed by atoms with Gasteiger partial charge in [0.25, 0.3) is 0 Å². The molecule has 1 rings (SSSR count). The molecule has 1 saturated heterocycles. The minimum Gasteiger partial charge on any atom is -0.315 e. The standard InChI is InChI=1S/C14H31N3/c1-4-5-6-7-8-15-9-10-17-12-11-16(3)13-14(17)2/h14-15H,4-13H2,1-3H3. The van der Waals surface area contributed by atoms with E-state index in [2.05, 4.69) is 36.0 Å². The number of hydrogen-bond donors (Lipinski definition) is 1. The highest BCUT2D eigenvalue weighted by molar-refractivity contribution is 4.77. The Bertz CT molecular complexity index is 184. The Morgan fingerprint density at radius 1 is 1.12 bits per heavy atom. The van der Waals surface area contributed by atoms with Crippen molar-refractivity contribution in [2.45, 2.75) is 45.6 Å². The van der Waals surface area contributed by atoms with Crippen molar-refractivity contribution in [2.24, 2.45) is 0 Å². The van der Waals surface area contributed by atoms with Gasteiger partial charge in [-0.3, -0.25) is 4.90 Å². The van der Waals surface area contributed by atoms with E-state index in [9.17, 15) is 0 Å². The van der Waals surface area contributed by atoms with E-state index >= 15 is 0 Å². The minimum absolute atomic E-state index is 0.718. The van der Waals surface area contributed by atoms with Crippen LogP contribution in [0.5, 0.6) is 0 Å². The van der Waals surface area contributed by atoms with Crippen LogP contribution in [0.15, 0.2) is 0 Å². The molecule has 0 aromatic rings. The molecule has 1 heterocycles. The second-order valence-electron chi connectivity index (χ2n) is 5.46. The zero-order valence-electron chi connectivity index (χ0n) is 12.0. The monoisotopic (exact) mass is 241 g/mol. The van der Waals surface area contributed by atoms with Gasteiger partial charge in [-0.1, -0.05) is 26.2 Å². The van der Waals surface area contributed by atoms with Crippen LogP contribution < -0.4 is 5.32 Å². The number of nitrogens with one attached hydrogen (secondary N) is 1. The Morgan fingerprint density at radius 3 is 2.65 bits per heavy atom. The van der Waals surface area contributed by atoms with Crippen LogP contribution in [0.2, 0.25) is 0 Å². The van der Waals surface area contributed by atoms with Crippen LogP contribution >= 0.6 is 0 Å². The van der Waals surface area contributed by atoms with Gasteiger partial charge >= 0.3 is 0 Å². The highest BCUT2D eigenvalue weighted by Crippen LogP contribution is 2.06. The molecule has 1 fully saturated rings. The van der Waals surface area contributed by atoms with Crippen LogP contribution in [-0.4, -0.2) is 62.2 Å². The van der Waals surface area contributed by atoms with Crippen molar-refractivity contribution in [1.82, 2.24) is 15.1 Å². The molecule has 1 atom stereocenters. The highest BCUT2D eigenvalue weighted by Gasteiger charge is 2.20. The fourth-order valence-electron chi connectivity index (χ4n) is 2.53. The molecule has 1 unspecified atom stereocenters. The van der Waals surface area contributed by atoms with Gasteiger partial charge in [-0.25, -0.2) is 0 Å². The largest absolute Gasteiger partial charge is 0.315 e. The number of hydrogen-bond acceptors (Lipinski definition) is 3. The molecule has 102 valence electrons. The molecule has 0 bridgehead atoms. The lowest BCUT2D eigenvalue weighted by atomic mass is 10.2. The molecule has 1 aliphatic heterocycles. The van der Waals surface area contributed by atoms with E-state index in [0.29, 0.717) is 0 Å². The summed E-state index contributed by atoms with van der Waals surface area (Å²) in [5, 5.41) is 3.57. The summed E-state index contributed by atoms with van der Waals surface area (Å²) in [5.41, 5.74) is 0. The molecule has 0 aliphatic carbocycles. The van der Waals surface area contributed by atoms with E-state index in [0.717, 1.165) is 12.6 Å². The maximum atomic E-state index is 3.57. The lowest BCUT2D eigenvalue weighted by Crippen LogP contribution is -2.51. The smallest absolute Gasteiger partial charge is 0.0195 e. The first-order chi connectivity index (χ1) is 8.24. The molecule has 0 spiro atoms. The molecule has 0 saturated carbocycles. The van der Waals surface area contributed by atoms with Gasteiger partial charge in [0.15, 0.2) is 0 Å². The second kappa shape index (κ2) is 8.90. The average molecular weight is 241 g/mol. The van der Waals surface area contributed by atoms with Crippen LogP contribution in [0, 0.1) is 0 Å². The summed E-state index contributed by atoms with van der Waals surface area (Å²) in [4.78, 5) is 5.04. The Labute approximate surface area is 108 Å². The van der Waals surface area contributed by atoms with Crippen LogP contribution in [0.25, 0.3) is 0 Å². The van der Waals surface area contributed by atoms with Gasteiger partial charge in [0.05, 0.1) is 0 Å². The first kappa shape index (κ1) is 14.9. The van der Waals surface area contributed by atoms with Gasteiger partial charge in [-0.15, -0.1) is 0 Å². The maximum Gasteiger partial charge on any atom is 0.0195 e. The molecule has 1 N–H and O–H groups in total. The summed E-state index contributed by atoms with van der Waals surface area (Å²) < 4.78 is 0. The third-order valence-corrected chi connectivity index (χ3v) is 3.75. The molecular weight excluding hydrogens is 210 g/mol. The van der Waals surface area contributed by atoms with Crippen LogP contribution in [-0.2, 0) is 0 Å². The van der Waals surface area contributed by atoms with Crippen molar-refractivity contribution >= 4 is 0 Å². The zero-order chi connectivity index (χ0) is 12.5. The van der Waals surface area contributed by atoms with Crippen molar-refractivity contribution in [3.8, 4) is 0 Å². The molecule has 3 heteroatoms. The lowest BCUT2D eigenvalue weighted by molar-refractivity contribution is 0.101. The van der Waals surface area contributed by atoms with Crippen LogP contribution in [0.3, 0.4) is 0 Å². The quantitative estimate of drug-likeness (QED) is 0.654. The fraction of sp³-hybridized carbons (Fsp3) is 1.00. The van der Waals surface area contributed by atoms with Crippen molar-refractivity contribution in [3.63, 3.8) is 0 Å². The average Bonchev–Trinajstić information content (AvgIpc) is 2.30. The van der Waals surface area contributed by atoms with E-state index in [1.807, 2.05) is 0 Å². The molecular formula is C14H31N3. The van der Waals surface area contributed by atoms with Gasteiger partial charge < -0.3 is 10.2 Å². The Hall–Kier alpha value is -0.120. The molecule has 17 heavy (non-hydrogen) atoms. The Kier molecular flexibility index (Phi) is 7.82. The number of rotatable bonds is 8. The highest BCUT2D eigenvalue weighted by atomic mass is 15.3. The van der Waals surface area contributed by atoms with Gasteiger partial charge in [-0.2, -0.15) is 0 Å². The summed E-state index contributed by atoms with van der Waals surface area (Å²) in [5.74, 6) is 0. The third-order valence-electron chi connectivity index (χ3n) is 3.75. The first-order valence-corrected chi connectivity index (χ1v) is 7.37. The first-order valence-electron chi connectivity index (χ1n) is 7.37. The lowest BCUT2D eigenvalue weighted by Gasteiger charge is -2.38. The van der Waals surface area contributed by atoms with Gasteiger partial charge in [-0.05, 0) is 26.9 Å². The normalized spacial score (nSPS) is 23.1. The third kappa shape index (κ3) is 6.39. The number of likely N-dealkylation sites (N-methyl/N-ethyl adjacent to an activating group) is 1. The minimum atomic E-state index is 0.718. The van der Waals surface area contributed by atoms with Gasteiger partial charge in [0, 0.05) is 38.8 Å². The van der Waals surface area contributed by atoms with Gasteiger partial charge in [0.2, 0.25) is 0 Å². The molecule has 0 aromatic heterocycles. The second-order valence-corrected chi connectivity index (χ2v) is 5.46. The van der Waals surface area contributed by atoms with Crippen molar-refractivity contribution in [2.75, 3.05) is 46.3 Å². The summed E-state index contributed by atoms with van der Waals surface area (Å²) in [6, 6.07) is 0.718. The van der Waals surface area contributed by atoms with E-state index in [-0.39, 0.29) is 0 Å². The molecule has 0 aromatic carbocycles. The summed E-state index contributed by atoms with van der Waals surface area (Å²) in [6.07, 6.45) is 5.44. The topological polar surface area (TPSA) is 18.5 Å². The Morgan fingerprint density at radius 2 is 1.94 bits per heavy atom. The van der Waals surface area contributed by atoms with E-state index < -0.39 is 0 Å². The SMILES string of the molecule is CCCCCCNCCN1CCN(C)CC1C. The summed E-state index contributed by atoms with van der Waals surface area (Å²) in [6.45, 7) is 11.8. The summed E-state index contributed by atoms with van der Waals surface area (Å²) >= 11 is 0. The van der Waals surface area contributed by atoms with Crippen LogP contribution in [0.1, 0.15) is 39.5 Å². The van der Waals surface area contributed by atoms with E-state index in [1.165, 1.54) is 58.4 Å². The van der Waals surface area contributed by atoms with E-state index in [4.69, 9.17) is 0 Å². The molecule has 0 radical (unpaired) electrons. The van der Waals surface area contributed by atoms with Crippen molar-refractivity contribution in [1.29, 1.82) is 0 Å². The predicted molar refractivity (Wildman–Crippen MR) is 75.5 cm³/mol. The number of nitrogens with zero attached hydrogens (tertiary/aromatic N) is 2. The van der Waals surface area contributed by atoms with Crippen LogP contribution in [0.4, 0.5) is 0 Å². The number of piperazine rings is 1. The molecule has 3 nitrogen and oxygen atoms in total.